The zero-order chi connectivity index (χ0) is 17.4. The van der Waals surface area contributed by atoms with Crippen LogP contribution in [0.15, 0.2) is 0 Å². The zero-order valence-electron chi connectivity index (χ0n) is 15.6. The predicted octanol–water partition coefficient (Wildman–Crippen LogP) is 1.63. The van der Waals surface area contributed by atoms with Crippen LogP contribution in [0.25, 0.3) is 0 Å². The summed E-state index contributed by atoms with van der Waals surface area (Å²) < 4.78 is 0. The molecule has 0 aromatic carbocycles. The van der Waals surface area contributed by atoms with Crippen molar-refractivity contribution >= 4 is 0 Å². The van der Waals surface area contributed by atoms with Gasteiger partial charge < -0.3 is 15.3 Å². The molecule has 5 aliphatic carbocycles. The van der Waals surface area contributed by atoms with Crippen LogP contribution in [0.3, 0.4) is 0 Å². The molecule has 7 bridgehead atoms. The molecule has 6 aliphatic rings. The molecule has 11 atom stereocenters. The first-order chi connectivity index (χ1) is 11.9. The van der Waals surface area contributed by atoms with E-state index < -0.39 is 5.60 Å². The maximum absolute atomic E-state index is 11.9. The molecule has 0 radical (unpaired) electrons. The van der Waals surface area contributed by atoms with E-state index in [4.69, 9.17) is 0 Å². The van der Waals surface area contributed by atoms with E-state index in [-0.39, 0.29) is 34.9 Å². The standard InChI is InChI=1S/C21H33NO3/c1-3-22-10-19(2)6-5-15(23)21-12-8-11-4-7-20(25,16(12)17(11)24)13(18(21)22)9-14(19)21/h11-18,23-25H,3-10H2,1-2H3/t11-,12?,13?,14?,15-,16?,17-,18+,19-,20-,21?/m0/s1. The van der Waals surface area contributed by atoms with Gasteiger partial charge in [0.15, 0.2) is 0 Å². The van der Waals surface area contributed by atoms with Crippen LogP contribution < -0.4 is 0 Å². The molecule has 1 heterocycles. The van der Waals surface area contributed by atoms with Crippen molar-refractivity contribution in [3.8, 4) is 0 Å². The van der Waals surface area contributed by atoms with Crippen LogP contribution in [0.5, 0.6) is 0 Å². The molecule has 4 heteroatoms. The quantitative estimate of drug-likeness (QED) is 0.675. The molecule has 4 nitrogen and oxygen atoms in total. The highest BCUT2D eigenvalue weighted by molar-refractivity contribution is 5.31. The van der Waals surface area contributed by atoms with Crippen LogP contribution in [0.4, 0.5) is 0 Å². The van der Waals surface area contributed by atoms with E-state index in [1.807, 2.05) is 0 Å². The molecule has 0 aromatic rings. The van der Waals surface area contributed by atoms with Gasteiger partial charge in [-0.2, -0.15) is 0 Å². The fraction of sp³-hybridized carbons (Fsp3) is 1.00. The summed E-state index contributed by atoms with van der Waals surface area (Å²) in [6.45, 7) is 6.84. The van der Waals surface area contributed by atoms with E-state index in [1.165, 1.54) is 0 Å². The molecule has 0 aromatic heterocycles. The third kappa shape index (κ3) is 1.44. The van der Waals surface area contributed by atoms with Gasteiger partial charge in [0.05, 0.1) is 17.8 Å². The van der Waals surface area contributed by atoms with E-state index in [0.29, 0.717) is 23.8 Å². The maximum atomic E-state index is 11.9. The number of hydrogen-bond donors (Lipinski definition) is 3. The second-order valence-corrected chi connectivity index (χ2v) is 10.8. The Balaban J connectivity index is 1.62. The second kappa shape index (κ2) is 4.45. The molecule has 1 saturated heterocycles. The topological polar surface area (TPSA) is 63.9 Å². The Labute approximate surface area is 150 Å². The highest BCUT2D eigenvalue weighted by Crippen LogP contribution is 2.78. The van der Waals surface area contributed by atoms with Crippen molar-refractivity contribution in [3.63, 3.8) is 0 Å². The molecule has 5 unspecified atom stereocenters. The molecular formula is C21H33NO3. The van der Waals surface area contributed by atoms with Crippen molar-refractivity contribution in [2.75, 3.05) is 13.1 Å². The van der Waals surface area contributed by atoms with Crippen molar-refractivity contribution in [1.82, 2.24) is 4.90 Å². The number of hydrogen-bond acceptors (Lipinski definition) is 4. The van der Waals surface area contributed by atoms with Gasteiger partial charge in [-0.15, -0.1) is 0 Å². The van der Waals surface area contributed by atoms with Crippen LogP contribution in [0, 0.1) is 40.4 Å². The van der Waals surface area contributed by atoms with Crippen LogP contribution in [0.1, 0.15) is 52.4 Å². The smallest absolute Gasteiger partial charge is 0.0746 e. The maximum Gasteiger partial charge on any atom is 0.0746 e. The molecule has 0 amide bonds. The number of rotatable bonds is 1. The lowest BCUT2D eigenvalue weighted by molar-refractivity contribution is -0.260. The lowest BCUT2D eigenvalue weighted by Gasteiger charge is -2.68. The van der Waals surface area contributed by atoms with E-state index in [9.17, 15) is 15.3 Å². The van der Waals surface area contributed by atoms with Gasteiger partial charge in [0.1, 0.15) is 0 Å². The second-order valence-electron chi connectivity index (χ2n) is 10.8. The highest BCUT2D eigenvalue weighted by atomic mass is 16.3. The molecule has 1 spiro atoms. The summed E-state index contributed by atoms with van der Waals surface area (Å²) in [5, 5.41) is 34.4. The lowest BCUT2D eigenvalue weighted by Crippen LogP contribution is -2.75. The number of fused-ring (bicyclic) bond motifs is 2. The van der Waals surface area contributed by atoms with Crippen LogP contribution in [0.2, 0.25) is 0 Å². The Morgan fingerprint density at radius 1 is 1.08 bits per heavy atom. The molecule has 25 heavy (non-hydrogen) atoms. The minimum Gasteiger partial charge on any atom is -0.392 e. The van der Waals surface area contributed by atoms with Crippen molar-refractivity contribution in [2.24, 2.45) is 40.4 Å². The van der Waals surface area contributed by atoms with E-state index in [1.54, 1.807) is 0 Å². The first-order valence-electron chi connectivity index (χ1n) is 10.7. The monoisotopic (exact) mass is 347 g/mol. The van der Waals surface area contributed by atoms with Gasteiger partial charge in [0, 0.05) is 29.8 Å². The first-order valence-corrected chi connectivity index (χ1v) is 10.7. The van der Waals surface area contributed by atoms with Gasteiger partial charge in [-0.3, -0.25) is 4.90 Å². The average Bonchev–Trinajstić information content (AvgIpc) is 3.00. The van der Waals surface area contributed by atoms with Crippen molar-refractivity contribution in [1.29, 1.82) is 0 Å². The predicted molar refractivity (Wildman–Crippen MR) is 93.7 cm³/mol. The van der Waals surface area contributed by atoms with Gasteiger partial charge in [0.2, 0.25) is 0 Å². The third-order valence-corrected chi connectivity index (χ3v) is 10.4. The Bertz CT molecular complexity index is 626. The summed E-state index contributed by atoms with van der Waals surface area (Å²) in [7, 11) is 0. The lowest BCUT2D eigenvalue weighted by atomic mass is 9.43. The van der Waals surface area contributed by atoms with Gasteiger partial charge in [0.25, 0.3) is 0 Å². The van der Waals surface area contributed by atoms with Gasteiger partial charge >= 0.3 is 0 Å². The first kappa shape index (κ1) is 15.9. The molecule has 6 rings (SSSR count). The summed E-state index contributed by atoms with van der Waals surface area (Å²) in [6, 6.07) is 0.321. The largest absolute Gasteiger partial charge is 0.392 e. The van der Waals surface area contributed by atoms with E-state index in [0.717, 1.165) is 51.6 Å². The summed E-state index contributed by atoms with van der Waals surface area (Å²) in [4.78, 5) is 2.63. The fourth-order valence-electron chi connectivity index (χ4n) is 9.79. The summed E-state index contributed by atoms with van der Waals surface area (Å²) in [6.07, 6.45) is 5.34. The van der Waals surface area contributed by atoms with E-state index >= 15 is 0 Å². The Kier molecular flexibility index (Phi) is 2.82. The summed E-state index contributed by atoms with van der Waals surface area (Å²) in [5.41, 5.74) is -0.524. The molecular weight excluding hydrogens is 314 g/mol. The number of aliphatic hydroxyl groups is 3. The Morgan fingerprint density at radius 3 is 2.64 bits per heavy atom. The van der Waals surface area contributed by atoms with Gasteiger partial charge in [-0.1, -0.05) is 13.8 Å². The van der Waals surface area contributed by atoms with Crippen molar-refractivity contribution < 1.29 is 15.3 Å². The van der Waals surface area contributed by atoms with Crippen LogP contribution in [-0.2, 0) is 0 Å². The molecule has 5 saturated carbocycles. The Hall–Kier alpha value is -0.160. The third-order valence-electron chi connectivity index (χ3n) is 10.4. The molecule has 1 aliphatic heterocycles. The van der Waals surface area contributed by atoms with Crippen molar-refractivity contribution in [2.45, 2.75) is 76.2 Å². The van der Waals surface area contributed by atoms with Crippen LogP contribution >= 0.6 is 0 Å². The number of nitrogens with zero attached hydrogens (tertiary/aromatic N) is 1. The SMILES string of the molecule is CCN1C[C@]2(C)CC[C@H](O)C34C5C[C@@H]6CC[C@@](O)(C5[C@H]6O)C(CC32)[C@@H]14. The van der Waals surface area contributed by atoms with E-state index in [2.05, 4.69) is 18.7 Å². The van der Waals surface area contributed by atoms with Crippen molar-refractivity contribution in [3.05, 3.63) is 0 Å². The van der Waals surface area contributed by atoms with Gasteiger partial charge in [-0.25, -0.2) is 0 Å². The van der Waals surface area contributed by atoms with Gasteiger partial charge in [-0.05, 0) is 68.2 Å². The minimum atomic E-state index is -0.706. The Morgan fingerprint density at radius 2 is 1.88 bits per heavy atom. The summed E-state index contributed by atoms with van der Waals surface area (Å²) in [5.74, 6) is 1.42. The number of likely N-dealkylation sites (tertiary alicyclic amines) is 1. The number of piperidine rings is 1. The average molecular weight is 347 g/mol. The fourth-order valence-corrected chi connectivity index (χ4v) is 9.79. The molecule has 140 valence electrons. The highest BCUT2D eigenvalue weighted by Gasteiger charge is 2.81. The molecule has 6 fully saturated rings. The summed E-state index contributed by atoms with van der Waals surface area (Å²) >= 11 is 0. The van der Waals surface area contributed by atoms with Crippen LogP contribution in [-0.4, -0.2) is 57.2 Å². The zero-order valence-corrected chi connectivity index (χ0v) is 15.6. The minimum absolute atomic E-state index is 0.00584. The number of aliphatic hydroxyl groups excluding tert-OH is 2. The molecule has 3 N–H and O–H groups in total. The normalized spacial score (nSPS) is 67.6.